The third-order valence-electron chi connectivity index (χ3n) is 2.33. The van der Waals surface area contributed by atoms with Gasteiger partial charge in [-0.25, -0.2) is 13.4 Å². The summed E-state index contributed by atoms with van der Waals surface area (Å²) in [7, 11) is -3.50. The average Bonchev–Trinajstić information content (AvgIpc) is 2.31. The van der Waals surface area contributed by atoms with E-state index in [9.17, 15) is 8.42 Å². The highest BCUT2D eigenvalue weighted by Gasteiger charge is 2.13. The molecule has 3 N–H and O–H groups in total. The molecule has 100 valence electrons. The Bertz CT molecular complexity index is 689. The molecule has 0 atom stereocenters. The highest BCUT2D eigenvalue weighted by Crippen LogP contribution is 2.21. The summed E-state index contributed by atoms with van der Waals surface area (Å²) in [5, 5.41) is 0. The van der Waals surface area contributed by atoms with Gasteiger partial charge in [-0.1, -0.05) is 12.1 Å². The van der Waals surface area contributed by atoms with E-state index >= 15 is 0 Å². The van der Waals surface area contributed by atoms with Crippen LogP contribution in [-0.4, -0.2) is 13.4 Å². The Balaban J connectivity index is 2.18. The van der Waals surface area contributed by atoms with E-state index in [1.54, 1.807) is 42.6 Å². The molecule has 0 aliphatic carbocycles. The molecule has 0 unspecified atom stereocenters. The van der Waals surface area contributed by atoms with Crippen LogP contribution in [0, 0.1) is 0 Å². The summed E-state index contributed by atoms with van der Waals surface area (Å²) in [5.41, 5.74) is 7.20. The lowest BCUT2D eigenvalue weighted by Gasteiger charge is -2.09. The molecule has 2 aromatic rings. The maximum Gasteiger partial charge on any atom is 0.237 e. The second-order valence-electron chi connectivity index (χ2n) is 3.95. The van der Waals surface area contributed by atoms with E-state index in [0.29, 0.717) is 21.5 Å². The van der Waals surface area contributed by atoms with Crippen LogP contribution in [0.4, 0.5) is 11.4 Å². The minimum Gasteiger partial charge on any atom is -0.399 e. The molecule has 0 saturated carbocycles. The fraction of sp³-hybridized carbons (Fsp3) is 0.0833. The van der Waals surface area contributed by atoms with Crippen molar-refractivity contribution in [2.45, 2.75) is 5.75 Å². The summed E-state index contributed by atoms with van der Waals surface area (Å²) < 4.78 is 27.0. The van der Waals surface area contributed by atoms with Crippen LogP contribution < -0.4 is 10.5 Å². The Morgan fingerprint density at radius 2 is 2.05 bits per heavy atom. The summed E-state index contributed by atoms with van der Waals surface area (Å²) in [6.45, 7) is 0. The number of nitrogen functional groups attached to an aromatic ring is 1. The SMILES string of the molecule is Nc1cccc(CS(=O)(=O)Nc2cccnc2Br)c1. The minimum atomic E-state index is -3.50. The van der Waals surface area contributed by atoms with E-state index in [1.807, 2.05) is 0 Å². The Morgan fingerprint density at radius 1 is 1.26 bits per heavy atom. The Morgan fingerprint density at radius 3 is 2.74 bits per heavy atom. The van der Waals surface area contributed by atoms with Gasteiger partial charge in [-0.3, -0.25) is 4.72 Å². The number of halogens is 1. The molecule has 1 aromatic carbocycles. The number of pyridine rings is 1. The van der Waals surface area contributed by atoms with Crippen LogP contribution in [0.5, 0.6) is 0 Å². The van der Waals surface area contributed by atoms with Gasteiger partial charge in [-0.05, 0) is 45.8 Å². The zero-order chi connectivity index (χ0) is 13.9. The molecular weight excluding hydrogens is 330 g/mol. The number of nitrogens with two attached hydrogens (primary N) is 1. The van der Waals surface area contributed by atoms with Crippen LogP contribution >= 0.6 is 15.9 Å². The smallest absolute Gasteiger partial charge is 0.237 e. The molecule has 7 heteroatoms. The lowest BCUT2D eigenvalue weighted by atomic mass is 10.2. The van der Waals surface area contributed by atoms with Crippen LogP contribution in [0.2, 0.25) is 0 Å². The molecule has 0 saturated heterocycles. The largest absolute Gasteiger partial charge is 0.399 e. The molecule has 0 aliphatic heterocycles. The van der Waals surface area contributed by atoms with Gasteiger partial charge < -0.3 is 5.73 Å². The van der Waals surface area contributed by atoms with Gasteiger partial charge in [0.2, 0.25) is 10.0 Å². The summed E-state index contributed by atoms with van der Waals surface area (Å²) >= 11 is 3.19. The highest BCUT2D eigenvalue weighted by atomic mass is 79.9. The van der Waals surface area contributed by atoms with Crippen LogP contribution in [0.25, 0.3) is 0 Å². The fourth-order valence-corrected chi connectivity index (χ4v) is 3.24. The van der Waals surface area contributed by atoms with Crippen molar-refractivity contribution in [1.29, 1.82) is 0 Å². The van der Waals surface area contributed by atoms with E-state index < -0.39 is 10.0 Å². The van der Waals surface area contributed by atoms with Gasteiger partial charge in [-0.15, -0.1) is 0 Å². The first-order valence-electron chi connectivity index (χ1n) is 5.42. The molecule has 0 aliphatic rings. The zero-order valence-electron chi connectivity index (χ0n) is 9.88. The number of anilines is 2. The zero-order valence-corrected chi connectivity index (χ0v) is 12.3. The molecule has 1 heterocycles. The van der Waals surface area contributed by atoms with Crippen molar-refractivity contribution in [3.63, 3.8) is 0 Å². The predicted octanol–water partition coefficient (Wildman–Crippen LogP) is 2.37. The lowest BCUT2D eigenvalue weighted by molar-refractivity contribution is 0.600. The molecule has 0 bridgehead atoms. The van der Waals surface area contributed by atoms with Gasteiger partial charge in [-0.2, -0.15) is 0 Å². The minimum absolute atomic E-state index is 0.140. The third-order valence-corrected chi connectivity index (χ3v) is 4.21. The molecule has 0 fully saturated rings. The van der Waals surface area contributed by atoms with Crippen LogP contribution in [-0.2, 0) is 15.8 Å². The summed E-state index contributed by atoms with van der Waals surface area (Å²) in [6.07, 6.45) is 1.57. The van der Waals surface area contributed by atoms with Crippen molar-refractivity contribution in [3.05, 3.63) is 52.8 Å². The van der Waals surface area contributed by atoms with E-state index in [-0.39, 0.29) is 5.75 Å². The molecule has 0 spiro atoms. The van der Waals surface area contributed by atoms with E-state index in [0.717, 1.165) is 0 Å². The number of rotatable bonds is 4. The van der Waals surface area contributed by atoms with Gasteiger partial charge in [0.1, 0.15) is 4.60 Å². The Hall–Kier alpha value is -1.60. The molecule has 1 aromatic heterocycles. The number of benzene rings is 1. The van der Waals surface area contributed by atoms with Crippen molar-refractivity contribution in [3.8, 4) is 0 Å². The monoisotopic (exact) mass is 341 g/mol. The van der Waals surface area contributed by atoms with Crippen LogP contribution in [0.1, 0.15) is 5.56 Å². The van der Waals surface area contributed by atoms with E-state index in [2.05, 4.69) is 25.6 Å². The maximum atomic E-state index is 12.0. The predicted molar refractivity (Wildman–Crippen MR) is 79.0 cm³/mol. The number of hydrogen-bond donors (Lipinski definition) is 2. The summed E-state index contributed by atoms with van der Waals surface area (Å²) in [6, 6.07) is 10.1. The quantitative estimate of drug-likeness (QED) is 0.660. The van der Waals surface area contributed by atoms with Crippen molar-refractivity contribution >= 4 is 37.3 Å². The Kier molecular flexibility index (Phi) is 4.06. The summed E-state index contributed by atoms with van der Waals surface area (Å²) in [4.78, 5) is 3.95. The van der Waals surface area contributed by atoms with Crippen molar-refractivity contribution in [2.75, 3.05) is 10.5 Å². The standard InChI is InChI=1S/C12H12BrN3O2S/c13-12-11(5-2-6-15-12)16-19(17,18)8-9-3-1-4-10(14)7-9/h1-7,16H,8,14H2. The number of aromatic nitrogens is 1. The molecular formula is C12H12BrN3O2S. The van der Waals surface area contributed by atoms with Crippen molar-refractivity contribution in [1.82, 2.24) is 4.98 Å². The third kappa shape index (κ3) is 3.93. The molecule has 0 amide bonds. The first kappa shape index (κ1) is 13.8. The normalized spacial score (nSPS) is 11.2. The second kappa shape index (κ2) is 5.58. The summed E-state index contributed by atoms with van der Waals surface area (Å²) in [5.74, 6) is -0.140. The Labute approximate surface area is 120 Å². The first-order valence-corrected chi connectivity index (χ1v) is 7.86. The lowest BCUT2D eigenvalue weighted by Crippen LogP contribution is -2.15. The fourth-order valence-electron chi connectivity index (χ4n) is 1.57. The molecule has 2 rings (SSSR count). The second-order valence-corrected chi connectivity index (χ2v) is 6.42. The van der Waals surface area contributed by atoms with Crippen molar-refractivity contribution in [2.24, 2.45) is 0 Å². The average molecular weight is 342 g/mol. The van der Waals surface area contributed by atoms with Crippen LogP contribution in [0.15, 0.2) is 47.2 Å². The van der Waals surface area contributed by atoms with Gasteiger partial charge in [0, 0.05) is 11.9 Å². The highest BCUT2D eigenvalue weighted by molar-refractivity contribution is 9.10. The van der Waals surface area contributed by atoms with Gasteiger partial charge in [0.25, 0.3) is 0 Å². The molecule has 19 heavy (non-hydrogen) atoms. The number of nitrogens with zero attached hydrogens (tertiary/aromatic N) is 1. The topological polar surface area (TPSA) is 85.1 Å². The number of hydrogen-bond acceptors (Lipinski definition) is 4. The maximum absolute atomic E-state index is 12.0. The van der Waals surface area contributed by atoms with Gasteiger partial charge in [0.05, 0.1) is 11.4 Å². The van der Waals surface area contributed by atoms with Gasteiger partial charge in [0.15, 0.2) is 0 Å². The van der Waals surface area contributed by atoms with E-state index in [1.165, 1.54) is 0 Å². The first-order chi connectivity index (χ1) is 8.96. The molecule has 5 nitrogen and oxygen atoms in total. The number of sulfonamides is 1. The molecule has 0 radical (unpaired) electrons. The van der Waals surface area contributed by atoms with Crippen molar-refractivity contribution < 1.29 is 8.42 Å². The van der Waals surface area contributed by atoms with E-state index in [4.69, 9.17) is 5.73 Å². The number of nitrogens with one attached hydrogen (secondary N) is 1. The van der Waals surface area contributed by atoms with Gasteiger partial charge >= 0.3 is 0 Å². The van der Waals surface area contributed by atoms with Crippen LogP contribution in [0.3, 0.4) is 0 Å².